The molecule has 0 aliphatic rings. The number of anilines is 1. The Morgan fingerprint density at radius 2 is 2.00 bits per heavy atom. The van der Waals surface area contributed by atoms with Crippen LogP contribution in [-0.2, 0) is 0 Å². The molecule has 2 aromatic rings. The molecule has 0 radical (unpaired) electrons. The van der Waals surface area contributed by atoms with Crippen LogP contribution >= 0.6 is 11.3 Å². The summed E-state index contributed by atoms with van der Waals surface area (Å²) in [6, 6.07) is 6.00. The minimum absolute atomic E-state index is 0.0608. The van der Waals surface area contributed by atoms with Gasteiger partial charge in [-0.05, 0) is 32.3 Å². The summed E-state index contributed by atoms with van der Waals surface area (Å²) in [6.07, 6.45) is 1.80. The van der Waals surface area contributed by atoms with Crippen molar-refractivity contribution >= 4 is 33.0 Å². The van der Waals surface area contributed by atoms with Crippen molar-refractivity contribution < 1.29 is 4.79 Å². The Labute approximate surface area is 124 Å². The molecular weight excluding hydrogens is 268 g/mol. The van der Waals surface area contributed by atoms with Crippen LogP contribution < -0.4 is 11.1 Å². The Morgan fingerprint density at radius 3 is 2.55 bits per heavy atom. The molecule has 2 rings (SSSR count). The topological polar surface area (TPSA) is 55.1 Å². The van der Waals surface area contributed by atoms with Crippen molar-refractivity contribution in [3.8, 4) is 0 Å². The maximum atomic E-state index is 12.5. The third kappa shape index (κ3) is 2.52. The smallest absolute Gasteiger partial charge is 0.263 e. The summed E-state index contributed by atoms with van der Waals surface area (Å²) in [6.45, 7) is 8.28. The number of hydrogen-bond donors (Lipinski definition) is 2. The lowest BCUT2D eigenvalue weighted by Gasteiger charge is -2.28. The zero-order chi connectivity index (χ0) is 14.9. The predicted octanol–water partition coefficient (Wildman–Crippen LogP) is 4.10. The summed E-state index contributed by atoms with van der Waals surface area (Å²) in [5.74, 6) is -0.0608. The van der Waals surface area contributed by atoms with Crippen LogP contribution in [0.5, 0.6) is 0 Å². The average Bonchev–Trinajstić information content (AvgIpc) is 2.78. The van der Waals surface area contributed by atoms with Gasteiger partial charge in [-0.25, -0.2) is 0 Å². The van der Waals surface area contributed by atoms with Crippen LogP contribution in [0.1, 0.15) is 48.8 Å². The van der Waals surface area contributed by atoms with Crippen molar-refractivity contribution in [1.29, 1.82) is 0 Å². The molecule has 1 aromatic heterocycles. The number of fused-ring (bicyclic) bond motifs is 1. The SMILES string of the molecule is CCC(C)(CC)NC(=O)c1sc2c(C)cccc2c1N. The molecule has 0 spiro atoms. The summed E-state index contributed by atoms with van der Waals surface area (Å²) in [4.78, 5) is 13.1. The quantitative estimate of drug-likeness (QED) is 0.890. The Balaban J connectivity index is 2.41. The number of rotatable bonds is 4. The number of nitrogens with two attached hydrogens (primary N) is 1. The van der Waals surface area contributed by atoms with Gasteiger partial charge < -0.3 is 11.1 Å². The van der Waals surface area contributed by atoms with E-state index in [1.165, 1.54) is 11.3 Å². The number of amides is 1. The van der Waals surface area contributed by atoms with E-state index in [0.29, 0.717) is 10.6 Å². The van der Waals surface area contributed by atoms with E-state index in [2.05, 4.69) is 26.1 Å². The van der Waals surface area contributed by atoms with Gasteiger partial charge >= 0.3 is 0 Å². The first kappa shape index (κ1) is 14.9. The molecule has 0 saturated heterocycles. The number of nitrogen functional groups attached to an aromatic ring is 1. The fraction of sp³-hybridized carbons (Fsp3) is 0.438. The molecule has 1 amide bonds. The molecule has 3 nitrogen and oxygen atoms in total. The van der Waals surface area contributed by atoms with Crippen LogP contribution in [0.4, 0.5) is 5.69 Å². The molecule has 108 valence electrons. The highest BCUT2D eigenvalue weighted by Gasteiger charge is 2.25. The second kappa shape index (κ2) is 5.44. The van der Waals surface area contributed by atoms with Gasteiger partial charge in [-0.2, -0.15) is 0 Å². The Bertz CT molecular complexity index is 641. The lowest BCUT2D eigenvalue weighted by Crippen LogP contribution is -2.44. The van der Waals surface area contributed by atoms with E-state index >= 15 is 0 Å². The van der Waals surface area contributed by atoms with Crippen LogP contribution in [0, 0.1) is 6.92 Å². The second-order valence-electron chi connectivity index (χ2n) is 5.52. The molecule has 0 saturated carbocycles. The number of hydrogen-bond acceptors (Lipinski definition) is 3. The standard InChI is InChI=1S/C16H22N2OS/c1-5-16(4,6-2)18-15(19)14-12(17)11-9-7-8-10(3)13(11)20-14/h7-9H,5-6,17H2,1-4H3,(H,18,19). The number of carbonyl (C=O) groups is 1. The van der Waals surface area contributed by atoms with Gasteiger partial charge in [0, 0.05) is 15.6 Å². The molecule has 3 N–H and O–H groups in total. The predicted molar refractivity (Wildman–Crippen MR) is 87.4 cm³/mol. The van der Waals surface area contributed by atoms with E-state index in [-0.39, 0.29) is 11.4 Å². The first-order valence-electron chi connectivity index (χ1n) is 7.02. The number of nitrogens with one attached hydrogen (secondary N) is 1. The lowest BCUT2D eigenvalue weighted by molar-refractivity contribution is 0.0906. The lowest BCUT2D eigenvalue weighted by atomic mass is 9.95. The van der Waals surface area contributed by atoms with Crippen molar-refractivity contribution in [2.24, 2.45) is 0 Å². The third-order valence-corrected chi connectivity index (χ3v) is 5.49. The molecule has 4 heteroatoms. The summed E-state index contributed by atoms with van der Waals surface area (Å²) >= 11 is 1.48. The molecule has 0 aliphatic carbocycles. The number of carbonyl (C=O) groups excluding carboxylic acids is 1. The van der Waals surface area contributed by atoms with Crippen molar-refractivity contribution in [1.82, 2.24) is 5.32 Å². The van der Waals surface area contributed by atoms with E-state index in [0.717, 1.165) is 28.5 Å². The highest BCUT2D eigenvalue weighted by molar-refractivity contribution is 7.21. The molecule has 1 heterocycles. The number of benzene rings is 1. The average molecular weight is 290 g/mol. The molecule has 0 fully saturated rings. The highest BCUT2D eigenvalue weighted by Crippen LogP contribution is 2.35. The monoisotopic (exact) mass is 290 g/mol. The first-order valence-corrected chi connectivity index (χ1v) is 7.83. The van der Waals surface area contributed by atoms with Crippen LogP contribution in [0.15, 0.2) is 18.2 Å². The van der Waals surface area contributed by atoms with Crippen LogP contribution in [0.25, 0.3) is 10.1 Å². The highest BCUT2D eigenvalue weighted by atomic mass is 32.1. The van der Waals surface area contributed by atoms with E-state index in [4.69, 9.17) is 5.73 Å². The maximum absolute atomic E-state index is 12.5. The van der Waals surface area contributed by atoms with Gasteiger partial charge in [-0.15, -0.1) is 11.3 Å². The van der Waals surface area contributed by atoms with Gasteiger partial charge in [0.05, 0.1) is 5.69 Å². The molecule has 0 aliphatic heterocycles. The van der Waals surface area contributed by atoms with Gasteiger partial charge in [-0.1, -0.05) is 32.0 Å². The van der Waals surface area contributed by atoms with Crippen molar-refractivity contribution in [3.05, 3.63) is 28.6 Å². The van der Waals surface area contributed by atoms with E-state index in [1.54, 1.807) is 0 Å². The Morgan fingerprint density at radius 1 is 1.35 bits per heavy atom. The number of aryl methyl sites for hydroxylation is 1. The normalized spacial score (nSPS) is 11.8. The van der Waals surface area contributed by atoms with Crippen LogP contribution in [0.3, 0.4) is 0 Å². The van der Waals surface area contributed by atoms with E-state index in [1.807, 2.05) is 25.1 Å². The third-order valence-electron chi connectivity index (χ3n) is 4.13. The summed E-state index contributed by atoms with van der Waals surface area (Å²) in [5, 5.41) is 4.10. The molecule has 0 unspecified atom stereocenters. The molecule has 0 atom stereocenters. The van der Waals surface area contributed by atoms with Gasteiger partial charge in [0.15, 0.2) is 0 Å². The molecule has 20 heavy (non-hydrogen) atoms. The molecular formula is C16H22N2OS. The molecule has 1 aromatic carbocycles. The maximum Gasteiger partial charge on any atom is 0.263 e. The van der Waals surface area contributed by atoms with E-state index < -0.39 is 0 Å². The Hall–Kier alpha value is -1.55. The van der Waals surface area contributed by atoms with Crippen LogP contribution in [-0.4, -0.2) is 11.4 Å². The van der Waals surface area contributed by atoms with Gasteiger partial charge in [0.1, 0.15) is 4.88 Å². The summed E-state index contributed by atoms with van der Waals surface area (Å²) in [5.41, 5.74) is 7.75. The minimum Gasteiger partial charge on any atom is -0.397 e. The zero-order valence-electron chi connectivity index (χ0n) is 12.5. The van der Waals surface area contributed by atoms with Crippen LogP contribution in [0.2, 0.25) is 0 Å². The first-order chi connectivity index (χ1) is 9.41. The fourth-order valence-corrected chi connectivity index (χ4v) is 3.29. The van der Waals surface area contributed by atoms with Crippen molar-refractivity contribution in [3.63, 3.8) is 0 Å². The fourth-order valence-electron chi connectivity index (χ4n) is 2.21. The largest absolute Gasteiger partial charge is 0.397 e. The Kier molecular flexibility index (Phi) is 4.04. The van der Waals surface area contributed by atoms with Crippen molar-refractivity contribution in [2.45, 2.75) is 46.1 Å². The van der Waals surface area contributed by atoms with Gasteiger partial charge in [0.25, 0.3) is 5.91 Å². The second-order valence-corrected chi connectivity index (χ2v) is 6.54. The number of thiophene rings is 1. The van der Waals surface area contributed by atoms with Crippen molar-refractivity contribution in [2.75, 3.05) is 5.73 Å². The molecule has 0 bridgehead atoms. The van der Waals surface area contributed by atoms with Gasteiger partial charge in [0.2, 0.25) is 0 Å². The minimum atomic E-state index is -0.172. The summed E-state index contributed by atoms with van der Waals surface area (Å²) in [7, 11) is 0. The zero-order valence-corrected chi connectivity index (χ0v) is 13.4. The van der Waals surface area contributed by atoms with E-state index in [9.17, 15) is 4.79 Å². The summed E-state index contributed by atoms with van der Waals surface area (Å²) < 4.78 is 1.10. The van der Waals surface area contributed by atoms with Gasteiger partial charge in [-0.3, -0.25) is 4.79 Å².